The number of aromatic nitrogens is 2. The molecular formula is C15H18BrN5. The minimum Gasteiger partial charge on any atom is -0.369 e. The summed E-state index contributed by atoms with van der Waals surface area (Å²) in [5, 5.41) is 4.42. The number of nitrogens with two attached hydrogens (primary N) is 1. The maximum atomic E-state index is 6.08. The van der Waals surface area contributed by atoms with Gasteiger partial charge in [0.1, 0.15) is 0 Å². The van der Waals surface area contributed by atoms with Gasteiger partial charge in [0.2, 0.25) is 0 Å². The number of anilines is 1. The van der Waals surface area contributed by atoms with Crippen LogP contribution in [-0.2, 0) is 0 Å². The van der Waals surface area contributed by atoms with Crippen LogP contribution >= 0.6 is 15.9 Å². The van der Waals surface area contributed by atoms with Crippen molar-refractivity contribution in [1.82, 2.24) is 9.78 Å². The number of aliphatic imine (C=N–C) groups is 1. The van der Waals surface area contributed by atoms with Gasteiger partial charge in [-0.1, -0.05) is 15.9 Å². The minimum absolute atomic E-state index is 0.110. The van der Waals surface area contributed by atoms with Gasteiger partial charge in [-0.25, -0.2) is 0 Å². The van der Waals surface area contributed by atoms with Gasteiger partial charge < -0.3 is 10.6 Å². The van der Waals surface area contributed by atoms with E-state index in [0.29, 0.717) is 18.5 Å². The van der Waals surface area contributed by atoms with Crippen LogP contribution in [0.5, 0.6) is 0 Å². The van der Waals surface area contributed by atoms with Gasteiger partial charge in [0, 0.05) is 28.0 Å². The first kappa shape index (κ1) is 14.1. The van der Waals surface area contributed by atoms with Crippen LogP contribution in [0.15, 0.2) is 46.1 Å². The molecule has 110 valence electrons. The molecule has 0 bridgehead atoms. The molecule has 0 saturated heterocycles. The molecule has 2 heterocycles. The Morgan fingerprint density at radius 1 is 1.29 bits per heavy atom. The number of rotatable bonds is 3. The first-order chi connectivity index (χ1) is 10.1. The SMILES string of the molecule is CC(C)n1cc(C2CN=C(N)N2c2ccc(Br)cc2)cn1. The van der Waals surface area contributed by atoms with E-state index in [2.05, 4.69) is 51.0 Å². The van der Waals surface area contributed by atoms with Crippen molar-refractivity contribution in [1.29, 1.82) is 0 Å². The number of halogens is 1. The highest BCUT2D eigenvalue weighted by molar-refractivity contribution is 9.10. The number of nitrogens with zero attached hydrogens (tertiary/aromatic N) is 4. The Hall–Kier alpha value is -1.82. The summed E-state index contributed by atoms with van der Waals surface area (Å²) in [4.78, 5) is 6.46. The van der Waals surface area contributed by atoms with Gasteiger partial charge in [-0.3, -0.25) is 9.67 Å². The molecule has 1 atom stereocenters. The molecular weight excluding hydrogens is 330 g/mol. The fourth-order valence-corrected chi connectivity index (χ4v) is 2.74. The quantitative estimate of drug-likeness (QED) is 0.927. The lowest BCUT2D eigenvalue weighted by molar-refractivity contribution is 0.531. The van der Waals surface area contributed by atoms with Gasteiger partial charge in [0.25, 0.3) is 0 Å². The zero-order valence-electron chi connectivity index (χ0n) is 12.1. The molecule has 0 saturated carbocycles. The summed E-state index contributed by atoms with van der Waals surface area (Å²) in [5.41, 5.74) is 8.26. The van der Waals surface area contributed by atoms with Crippen LogP contribution in [-0.4, -0.2) is 22.3 Å². The van der Waals surface area contributed by atoms with Crippen molar-refractivity contribution in [3.63, 3.8) is 0 Å². The molecule has 1 unspecified atom stereocenters. The minimum atomic E-state index is 0.110. The van der Waals surface area contributed by atoms with Crippen molar-refractivity contribution in [2.45, 2.75) is 25.9 Å². The molecule has 1 aliphatic rings. The third kappa shape index (κ3) is 2.68. The Morgan fingerprint density at radius 3 is 2.62 bits per heavy atom. The summed E-state index contributed by atoms with van der Waals surface area (Å²) in [6, 6.07) is 8.55. The van der Waals surface area contributed by atoms with E-state index in [0.717, 1.165) is 15.7 Å². The molecule has 0 aliphatic carbocycles. The van der Waals surface area contributed by atoms with Gasteiger partial charge in [-0.05, 0) is 38.1 Å². The third-order valence-corrected chi connectivity index (χ3v) is 4.15. The summed E-state index contributed by atoms with van der Waals surface area (Å²) >= 11 is 3.46. The molecule has 1 aliphatic heterocycles. The highest BCUT2D eigenvalue weighted by Crippen LogP contribution is 2.31. The van der Waals surface area contributed by atoms with Crippen LogP contribution in [0.25, 0.3) is 0 Å². The molecule has 0 amide bonds. The largest absolute Gasteiger partial charge is 0.369 e. The molecule has 0 spiro atoms. The third-order valence-electron chi connectivity index (χ3n) is 3.62. The lowest BCUT2D eigenvalue weighted by Gasteiger charge is -2.25. The fraction of sp³-hybridized carbons (Fsp3) is 0.333. The van der Waals surface area contributed by atoms with E-state index in [1.165, 1.54) is 0 Å². The van der Waals surface area contributed by atoms with E-state index in [9.17, 15) is 0 Å². The second-order valence-corrected chi connectivity index (χ2v) is 6.32. The standard InChI is InChI=1S/C15H18BrN5/c1-10(2)20-9-11(7-19-20)14-8-18-15(17)21(14)13-5-3-12(16)4-6-13/h3-7,9-10,14H,8H2,1-2H3,(H2,17,18). The average molecular weight is 348 g/mol. The van der Waals surface area contributed by atoms with Crippen molar-refractivity contribution in [2.75, 3.05) is 11.4 Å². The van der Waals surface area contributed by atoms with Crippen molar-refractivity contribution < 1.29 is 0 Å². The summed E-state index contributed by atoms with van der Waals surface area (Å²) in [5.74, 6) is 0.555. The van der Waals surface area contributed by atoms with Crippen LogP contribution in [0.3, 0.4) is 0 Å². The Labute approximate surface area is 132 Å². The molecule has 3 rings (SSSR count). The van der Waals surface area contributed by atoms with Gasteiger partial charge >= 0.3 is 0 Å². The Morgan fingerprint density at radius 2 is 2.00 bits per heavy atom. The number of benzene rings is 1. The fourth-order valence-electron chi connectivity index (χ4n) is 2.47. The zero-order chi connectivity index (χ0) is 15.0. The highest BCUT2D eigenvalue weighted by Gasteiger charge is 2.29. The van der Waals surface area contributed by atoms with Crippen LogP contribution < -0.4 is 10.6 Å². The molecule has 0 radical (unpaired) electrons. The van der Waals surface area contributed by atoms with Crippen molar-refractivity contribution in [3.05, 3.63) is 46.7 Å². The molecule has 5 nitrogen and oxygen atoms in total. The second kappa shape index (κ2) is 5.52. The van der Waals surface area contributed by atoms with Crippen LogP contribution in [0.2, 0.25) is 0 Å². The Kier molecular flexibility index (Phi) is 3.71. The van der Waals surface area contributed by atoms with Crippen LogP contribution in [0.4, 0.5) is 5.69 Å². The monoisotopic (exact) mass is 347 g/mol. The van der Waals surface area contributed by atoms with E-state index < -0.39 is 0 Å². The molecule has 1 aromatic carbocycles. The average Bonchev–Trinajstić information content (AvgIpc) is 3.06. The number of guanidine groups is 1. The maximum absolute atomic E-state index is 6.08. The molecule has 1 aromatic heterocycles. The van der Waals surface area contributed by atoms with Crippen molar-refractivity contribution in [2.24, 2.45) is 10.7 Å². The molecule has 0 fully saturated rings. The lowest BCUT2D eigenvalue weighted by Crippen LogP contribution is -2.36. The van der Waals surface area contributed by atoms with Crippen molar-refractivity contribution in [3.8, 4) is 0 Å². The first-order valence-corrected chi connectivity index (χ1v) is 7.74. The Bertz CT molecular complexity index is 659. The number of hydrogen-bond acceptors (Lipinski definition) is 4. The number of hydrogen-bond donors (Lipinski definition) is 1. The molecule has 2 aromatic rings. The topological polar surface area (TPSA) is 59.4 Å². The summed E-state index contributed by atoms with van der Waals surface area (Å²) in [6.07, 6.45) is 3.99. The van der Waals surface area contributed by atoms with E-state index in [4.69, 9.17) is 5.73 Å². The normalized spacial score (nSPS) is 18.4. The molecule has 21 heavy (non-hydrogen) atoms. The summed E-state index contributed by atoms with van der Waals surface area (Å²) in [7, 11) is 0. The predicted octanol–water partition coefficient (Wildman–Crippen LogP) is 3.10. The van der Waals surface area contributed by atoms with E-state index in [1.54, 1.807) is 0 Å². The van der Waals surface area contributed by atoms with E-state index in [1.807, 2.05) is 35.1 Å². The smallest absolute Gasteiger partial charge is 0.196 e. The summed E-state index contributed by atoms with van der Waals surface area (Å²) in [6.45, 7) is 4.89. The van der Waals surface area contributed by atoms with Crippen molar-refractivity contribution >= 4 is 27.6 Å². The van der Waals surface area contributed by atoms with E-state index >= 15 is 0 Å². The highest BCUT2D eigenvalue weighted by atomic mass is 79.9. The predicted molar refractivity (Wildman–Crippen MR) is 88.5 cm³/mol. The van der Waals surface area contributed by atoms with Gasteiger partial charge in [0.05, 0.1) is 18.8 Å². The lowest BCUT2D eigenvalue weighted by atomic mass is 10.1. The first-order valence-electron chi connectivity index (χ1n) is 6.95. The van der Waals surface area contributed by atoms with Crippen LogP contribution in [0.1, 0.15) is 31.5 Å². The van der Waals surface area contributed by atoms with Gasteiger partial charge in [-0.2, -0.15) is 5.10 Å². The van der Waals surface area contributed by atoms with Gasteiger partial charge in [0.15, 0.2) is 5.96 Å². The zero-order valence-corrected chi connectivity index (χ0v) is 13.7. The maximum Gasteiger partial charge on any atom is 0.196 e. The van der Waals surface area contributed by atoms with Crippen LogP contribution in [0, 0.1) is 0 Å². The van der Waals surface area contributed by atoms with Gasteiger partial charge in [-0.15, -0.1) is 0 Å². The summed E-state index contributed by atoms with van der Waals surface area (Å²) < 4.78 is 3.01. The second-order valence-electron chi connectivity index (χ2n) is 5.41. The Balaban J connectivity index is 1.92. The van der Waals surface area contributed by atoms with E-state index in [-0.39, 0.29) is 6.04 Å². The molecule has 6 heteroatoms. The molecule has 2 N–H and O–H groups in total.